The zero-order chi connectivity index (χ0) is 22.8. The Morgan fingerprint density at radius 2 is 1.55 bits per heavy atom. The third-order valence-electron chi connectivity index (χ3n) is 6.31. The molecule has 0 saturated carbocycles. The van der Waals surface area contributed by atoms with Crippen LogP contribution in [0.5, 0.6) is 0 Å². The fourth-order valence-corrected chi connectivity index (χ4v) is 4.55. The summed E-state index contributed by atoms with van der Waals surface area (Å²) in [6.07, 6.45) is 1.24. The van der Waals surface area contributed by atoms with Gasteiger partial charge in [0.25, 0.3) is 0 Å². The van der Waals surface area contributed by atoms with Crippen LogP contribution in [0, 0.1) is 0 Å². The fourth-order valence-electron chi connectivity index (χ4n) is 4.55. The number of rotatable bonds is 3. The van der Waals surface area contributed by atoms with Gasteiger partial charge in [0.05, 0.1) is 24.6 Å². The average Bonchev–Trinajstić information content (AvgIpc) is 3.29. The lowest BCUT2D eigenvalue weighted by atomic mass is 10.0. The summed E-state index contributed by atoms with van der Waals surface area (Å²) in [5.41, 5.74) is 1.77. The summed E-state index contributed by atoms with van der Waals surface area (Å²) < 4.78 is 11.5. The number of hydrogen-bond acceptors (Lipinski definition) is 5. The van der Waals surface area contributed by atoms with Gasteiger partial charge in [-0.3, -0.25) is 19.4 Å². The van der Waals surface area contributed by atoms with E-state index in [0.29, 0.717) is 56.2 Å². The summed E-state index contributed by atoms with van der Waals surface area (Å²) in [5.74, 6) is -0.994. The van der Waals surface area contributed by atoms with Crippen LogP contribution in [0.1, 0.15) is 12.8 Å². The third-order valence-corrected chi connectivity index (χ3v) is 6.31. The normalized spacial score (nSPS) is 19.5. The molecule has 0 atom stereocenters. The average molecular weight is 450 g/mol. The van der Waals surface area contributed by atoms with E-state index in [1.165, 1.54) is 9.80 Å². The van der Waals surface area contributed by atoms with E-state index in [0.717, 1.165) is 0 Å². The molecule has 9 nitrogen and oxygen atoms in total. The minimum atomic E-state index is -0.559. The largest absolute Gasteiger partial charge is 0.347 e. The number of urea groups is 1. The maximum absolute atomic E-state index is 13.0. The zero-order valence-electron chi connectivity index (χ0n) is 18.2. The molecule has 2 fully saturated rings. The van der Waals surface area contributed by atoms with Crippen molar-refractivity contribution in [3.05, 3.63) is 54.6 Å². The molecule has 3 aliphatic heterocycles. The lowest BCUT2D eigenvalue weighted by Gasteiger charge is -2.39. The van der Waals surface area contributed by atoms with Crippen molar-refractivity contribution in [3.8, 4) is 0 Å². The Kier molecular flexibility index (Phi) is 5.74. The summed E-state index contributed by atoms with van der Waals surface area (Å²) in [6.45, 7) is 2.00. The quantitative estimate of drug-likeness (QED) is 0.776. The molecule has 1 spiro atoms. The van der Waals surface area contributed by atoms with E-state index < -0.39 is 11.8 Å². The maximum atomic E-state index is 13.0. The van der Waals surface area contributed by atoms with Gasteiger partial charge < -0.3 is 19.7 Å². The summed E-state index contributed by atoms with van der Waals surface area (Å²) in [6, 6.07) is 15.8. The van der Waals surface area contributed by atoms with E-state index in [9.17, 15) is 14.4 Å². The number of anilines is 3. The first-order valence-corrected chi connectivity index (χ1v) is 11.1. The van der Waals surface area contributed by atoms with E-state index in [1.54, 1.807) is 35.2 Å². The molecule has 1 N–H and O–H groups in total. The number of nitrogens with one attached hydrogen (secondary N) is 1. The third kappa shape index (κ3) is 4.29. The first kappa shape index (κ1) is 21.4. The number of fused-ring (bicyclic) bond motifs is 1. The van der Waals surface area contributed by atoms with Crippen LogP contribution >= 0.6 is 0 Å². The highest BCUT2D eigenvalue weighted by Gasteiger charge is 2.41. The Labute approximate surface area is 191 Å². The Hall–Kier alpha value is -3.43. The highest BCUT2D eigenvalue weighted by atomic mass is 16.7. The lowest BCUT2D eigenvalue weighted by Crippen LogP contribution is -2.54. The van der Waals surface area contributed by atoms with Gasteiger partial charge in [0, 0.05) is 31.6 Å². The monoisotopic (exact) mass is 450 g/mol. The van der Waals surface area contributed by atoms with Crippen LogP contribution in [0.2, 0.25) is 0 Å². The van der Waals surface area contributed by atoms with Crippen LogP contribution in [-0.2, 0) is 19.1 Å². The van der Waals surface area contributed by atoms with Crippen LogP contribution in [0.25, 0.3) is 0 Å². The second-order valence-corrected chi connectivity index (χ2v) is 8.34. The molecule has 2 aromatic carbocycles. The minimum absolute atomic E-state index is 0.0707. The van der Waals surface area contributed by atoms with Gasteiger partial charge in [-0.1, -0.05) is 30.3 Å². The van der Waals surface area contributed by atoms with Crippen LogP contribution in [0.3, 0.4) is 0 Å². The van der Waals surface area contributed by atoms with E-state index in [1.807, 2.05) is 24.3 Å². The number of likely N-dealkylation sites (tertiary alicyclic amines) is 1. The summed E-state index contributed by atoms with van der Waals surface area (Å²) in [7, 11) is 0. The topological polar surface area (TPSA) is 91.4 Å². The summed E-state index contributed by atoms with van der Waals surface area (Å²) >= 11 is 0. The van der Waals surface area contributed by atoms with Gasteiger partial charge in [-0.15, -0.1) is 0 Å². The molecule has 0 aliphatic carbocycles. The molecule has 3 heterocycles. The number of ether oxygens (including phenoxy) is 2. The van der Waals surface area contributed by atoms with E-state index >= 15 is 0 Å². The van der Waals surface area contributed by atoms with Crippen molar-refractivity contribution in [2.45, 2.75) is 18.6 Å². The van der Waals surface area contributed by atoms with Crippen LogP contribution in [0.15, 0.2) is 54.6 Å². The Morgan fingerprint density at radius 1 is 0.909 bits per heavy atom. The smallest absolute Gasteiger partial charge is 0.326 e. The highest BCUT2D eigenvalue weighted by molar-refractivity contribution is 6.15. The van der Waals surface area contributed by atoms with E-state index in [-0.39, 0.29) is 24.9 Å². The molecular formula is C24H26N4O5. The fraction of sp³-hybridized carbons (Fsp3) is 0.375. The van der Waals surface area contributed by atoms with E-state index in [2.05, 4.69) is 5.32 Å². The van der Waals surface area contributed by atoms with Crippen LogP contribution < -0.4 is 15.1 Å². The molecule has 0 radical (unpaired) electrons. The molecule has 4 amide bonds. The number of benzene rings is 2. The number of carbonyl (C=O) groups excluding carboxylic acids is 3. The second-order valence-electron chi connectivity index (χ2n) is 8.34. The second kappa shape index (κ2) is 8.84. The lowest BCUT2D eigenvalue weighted by molar-refractivity contribution is -0.187. The summed E-state index contributed by atoms with van der Waals surface area (Å²) in [4.78, 5) is 43.6. The van der Waals surface area contributed by atoms with Crippen LogP contribution in [-0.4, -0.2) is 67.9 Å². The molecule has 0 bridgehead atoms. The number of nitrogens with zero attached hydrogens (tertiary/aromatic N) is 3. The standard InChI is InChI=1S/C24H26N4O5/c29-21(26-12-10-24(11-13-26)32-14-15-33-24)16-27-19-8-4-5-9-20(19)28(17-22(27)30)23(31)25-18-6-2-1-3-7-18/h1-9H,10-17H2,(H,25,31). The van der Waals surface area contributed by atoms with Crippen molar-refractivity contribution in [1.29, 1.82) is 0 Å². The van der Waals surface area contributed by atoms with Crippen molar-refractivity contribution in [1.82, 2.24) is 4.90 Å². The number of carbonyl (C=O) groups is 3. The Morgan fingerprint density at radius 3 is 2.24 bits per heavy atom. The predicted molar refractivity (Wildman–Crippen MR) is 122 cm³/mol. The molecule has 3 aliphatic rings. The molecule has 172 valence electrons. The van der Waals surface area contributed by atoms with Crippen LogP contribution in [0.4, 0.5) is 21.9 Å². The van der Waals surface area contributed by atoms with Crippen molar-refractivity contribution in [2.24, 2.45) is 0 Å². The van der Waals surface area contributed by atoms with Gasteiger partial charge in [-0.25, -0.2) is 4.79 Å². The molecule has 9 heteroatoms. The van der Waals surface area contributed by atoms with E-state index in [4.69, 9.17) is 9.47 Å². The predicted octanol–water partition coefficient (Wildman–Crippen LogP) is 2.44. The number of hydrogen-bond donors (Lipinski definition) is 1. The number of para-hydroxylation sites is 3. The minimum Gasteiger partial charge on any atom is -0.347 e. The van der Waals surface area contributed by atoms with Gasteiger partial charge in [0.1, 0.15) is 13.1 Å². The van der Waals surface area contributed by atoms with Gasteiger partial charge in [-0.2, -0.15) is 0 Å². The highest BCUT2D eigenvalue weighted by Crippen LogP contribution is 2.35. The van der Waals surface area contributed by atoms with Crippen molar-refractivity contribution < 1.29 is 23.9 Å². The zero-order valence-corrected chi connectivity index (χ0v) is 18.2. The number of piperidine rings is 1. The molecule has 0 aromatic heterocycles. The first-order chi connectivity index (χ1) is 16.0. The van der Waals surface area contributed by atoms with Gasteiger partial charge in [0.2, 0.25) is 11.8 Å². The molecule has 0 unspecified atom stereocenters. The van der Waals surface area contributed by atoms with Crippen molar-refractivity contribution in [3.63, 3.8) is 0 Å². The maximum Gasteiger partial charge on any atom is 0.326 e. The Bertz CT molecular complexity index is 1040. The van der Waals surface area contributed by atoms with Gasteiger partial charge >= 0.3 is 6.03 Å². The van der Waals surface area contributed by atoms with Crippen molar-refractivity contribution in [2.75, 3.05) is 54.5 Å². The molecule has 5 rings (SSSR count). The summed E-state index contributed by atoms with van der Waals surface area (Å²) in [5, 5.41) is 2.82. The van der Waals surface area contributed by atoms with Gasteiger partial charge in [0.15, 0.2) is 5.79 Å². The number of amides is 4. The first-order valence-electron chi connectivity index (χ1n) is 11.1. The molecule has 33 heavy (non-hydrogen) atoms. The molecule has 2 aromatic rings. The Balaban J connectivity index is 1.29. The SMILES string of the molecule is O=C(CN1C(=O)CN(C(=O)Nc2ccccc2)c2ccccc21)N1CCC2(CC1)OCCO2. The molecular weight excluding hydrogens is 424 g/mol. The van der Waals surface area contributed by atoms with Crippen molar-refractivity contribution >= 4 is 34.9 Å². The van der Waals surface area contributed by atoms with Gasteiger partial charge in [-0.05, 0) is 24.3 Å². The molecule has 2 saturated heterocycles.